The van der Waals surface area contributed by atoms with Crippen molar-refractivity contribution < 1.29 is 19.1 Å². The van der Waals surface area contributed by atoms with Gasteiger partial charge in [-0.15, -0.1) is 0 Å². The normalized spacial score (nSPS) is 10.8. The fraction of sp³-hybridized carbons (Fsp3) is 0.600. The Labute approximate surface area is 92.6 Å². The summed E-state index contributed by atoms with van der Waals surface area (Å²) in [6.45, 7) is 0. The number of esters is 2. The Kier molecular flexibility index (Phi) is 5.95. The van der Waals surface area contributed by atoms with Crippen LogP contribution in [0.25, 0.3) is 0 Å². The predicted molar refractivity (Wildman–Crippen MR) is 53.7 cm³/mol. The molecule has 0 aliphatic carbocycles. The van der Waals surface area contributed by atoms with E-state index in [0.717, 1.165) is 14.2 Å². The molecule has 0 unspecified atom stereocenters. The van der Waals surface area contributed by atoms with Gasteiger partial charge in [-0.3, -0.25) is 0 Å². The molecule has 0 spiro atoms. The van der Waals surface area contributed by atoms with Gasteiger partial charge in [0.05, 0.1) is 14.2 Å². The number of halogens is 2. The zero-order chi connectivity index (χ0) is 10.5. The summed E-state index contributed by atoms with van der Waals surface area (Å²) in [5, 5.41) is 0. The lowest BCUT2D eigenvalue weighted by molar-refractivity contribution is -0.151. The number of hydrogen-bond acceptors (Lipinski definition) is 6. The summed E-state index contributed by atoms with van der Waals surface area (Å²) in [6.07, 6.45) is 0. The van der Waals surface area contributed by atoms with Crippen LogP contribution >= 0.6 is 43.3 Å². The second-order valence-corrected chi connectivity index (χ2v) is 4.47. The van der Waals surface area contributed by atoms with Gasteiger partial charge in [-0.1, -0.05) is 0 Å². The van der Waals surface area contributed by atoms with E-state index in [4.69, 9.17) is 21.4 Å². The minimum Gasteiger partial charge on any atom is -0.467 e. The fourth-order valence-electron chi connectivity index (χ4n) is 0.490. The second kappa shape index (κ2) is 5.85. The Hall–Kier alpha value is 0.220. The molecule has 0 saturated heterocycles. The largest absolute Gasteiger partial charge is 0.467 e. The molecule has 8 heteroatoms. The SMILES string of the molecule is COC(=O)C(SCl)(SCl)C(=O)OC. The van der Waals surface area contributed by atoms with Crippen molar-refractivity contribution in [1.29, 1.82) is 0 Å². The lowest BCUT2D eigenvalue weighted by atomic mass is 10.4. The molecule has 0 N–H and O–H groups in total. The molecule has 0 aromatic rings. The quantitative estimate of drug-likeness (QED) is 0.439. The first-order valence-corrected chi connectivity index (χ1v) is 6.14. The highest BCUT2D eigenvalue weighted by molar-refractivity contribution is 8.39. The fourth-order valence-corrected chi connectivity index (χ4v) is 2.78. The topological polar surface area (TPSA) is 52.6 Å². The van der Waals surface area contributed by atoms with Crippen LogP contribution in [0, 0.1) is 0 Å². The van der Waals surface area contributed by atoms with Crippen LogP contribution < -0.4 is 0 Å². The van der Waals surface area contributed by atoms with Gasteiger partial charge in [-0.2, -0.15) is 0 Å². The van der Waals surface area contributed by atoms with Gasteiger partial charge < -0.3 is 9.47 Å². The zero-order valence-corrected chi connectivity index (χ0v) is 9.85. The van der Waals surface area contributed by atoms with Gasteiger partial charge in [0.25, 0.3) is 4.08 Å². The number of carbonyl (C=O) groups excluding carboxylic acids is 2. The highest BCUT2D eigenvalue weighted by Gasteiger charge is 2.50. The molecular weight excluding hydrogens is 259 g/mol. The molecule has 0 fully saturated rings. The van der Waals surface area contributed by atoms with Gasteiger partial charge in [0.1, 0.15) is 0 Å². The third-order valence-corrected chi connectivity index (χ3v) is 4.66. The van der Waals surface area contributed by atoms with Crippen molar-refractivity contribution in [3.05, 3.63) is 0 Å². The van der Waals surface area contributed by atoms with Crippen molar-refractivity contribution >= 4 is 55.3 Å². The van der Waals surface area contributed by atoms with Gasteiger partial charge in [-0.05, 0) is 43.3 Å². The average Bonchev–Trinajstić information content (AvgIpc) is 2.19. The van der Waals surface area contributed by atoms with Gasteiger partial charge in [0.2, 0.25) is 0 Å². The molecule has 0 aliphatic heterocycles. The highest BCUT2D eigenvalue weighted by Crippen LogP contribution is 2.44. The number of carbonyl (C=O) groups is 2. The molecule has 0 aromatic carbocycles. The van der Waals surface area contributed by atoms with Crippen molar-refractivity contribution in [3.8, 4) is 0 Å². The Morgan fingerprint density at radius 3 is 1.54 bits per heavy atom. The van der Waals surface area contributed by atoms with E-state index in [1.54, 1.807) is 0 Å². The molecule has 0 aromatic heterocycles. The molecule has 0 rings (SSSR count). The maximum Gasteiger partial charge on any atom is 0.346 e. The molecule has 0 saturated carbocycles. The maximum absolute atomic E-state index is 11.2. The Balaban J connectivity index is 4.90. The van der Waals surface area contributed by atoms with Crippen molar-refractivity contribution in [2.75, 3.05) is 14.2 Å². The molecule has 0 amide bonds. The van der Waals surface area contributed by atoms with Crippen LogP contribution in [0.5, 0.6) is 0 Å². The second-order valence-electron chi connectivity index (χ2n) is 1.75. The summed E-state index contributed by atoms with van der Waals surface area (Å²) in [5.74, 6) is -1.72. The smallest absolute Gasteiger partial charge is 0.346 e. The van der Waals surface area contributed by atoms with Crippen molar-refractivity contribution in [2.24, 2.45) is 0 Å². The summed E-state index contributed by atoms with van der Waals surface area (Å²) in [7, 11) is 13.9. The van der Waals surface area contributed by atoms with Crippen LogP contribution in [-0.2, 0) is 19.1 Å². The molecule has 76 valence electrons. The lowest BCUT2D eigenvalue weighted by Gasteiger charge is -2.20. The Bertz CT molecular complexity index is 189. The van der Waals surface area contributed by atoms with Crippen LogP contribution in [0.1, 0.15) is 0 Å². The first-order valence-electron chi connectivity index (χ1n) is 2.85. The third-order valence-electron chi connectivity index (χ3n) is 1.13. The van der Waals surface area contributed by atoms with E-state index < -0.39 is 16.0 Å². The Morgan fingerprint density at radius 1 is 1.08 bits per heavy atom. The van der Waals surface area contributed by atoms with E-state index in [1.165, 1.54) is 0 Å². The minimum atomic E-state index is -1.76. The van der Waals surface area contributed by atoms with E-state index in [9.17, 15) is 9.59 Å². The number of rotatable bonds is 4. The zero-order valence-electron chi connectivity index (χ0n) is 6.71. The van der Waals surface area contributed by atoms with Gasteiger partial charge in [0.15, 0.2) is 0 Å². The summed E-state index contributed by atoms with van der Waals surface area (Å²) in [4.78, 5) is 22.3. The van der Waals surface area contributed by atoms with Crippen molar-refractivity contribution in [2.45, 2.75) is 4.08 Å². The molecule has 0 atom stereocenters. The van der Waals surface area contributed by atoms with Crippen molar-refractivity contribution in [3.63, 3.8) is 0 Å². The van der Waals surface area contributed by atoms with Gasteiger partial charge in [0, 0.05) is 0 Å². The van der Waals surface area contributed by atoms with E-state index >= 15 is 0 Å². The molecule has 4 nitrogen and oxygen atoms in total. The average molecular weight is 265 g/mol. The predicted octanol–water partition coefficient (Wildman–Crippen LogP) is 1.80. The standard InChI is InChI=1S/C5H6Cl2O4S2/c1-10-3(8)5(12-6,13-7)4(9)11-2/h1-2H3. The molecule has 0 aliphatic rings. The van der Waals surface area contributed by atoms with Crippen LogP contribution in [0.2, 0.25) is 0 Å². The van der Waals surface area contributed by atoms with Gasteiger partial charge >= 0.3 is 11.9 Å². The number of hydrogen-bond donors (Lipinski definition) is 0. The number of ether oxygens (including phenoxy) is 2. The van der Waals surface area contributed by atoms with Crippen molar-refractivity contribution in [1.82, 2.24) is 0 Å². The van der Waals surface area contributed by atoms with E-state index in [-0.39, 0.29) is 0 Å². The third kappa shape index (κ3) is 2.59. The molecule has 0 heterocycles. The summed E-state index contributed by atoms with van der Waals surface area (Å²) >= 11 is 0. The molecular formula is C5H6Cl2O4S2. The summed E-state index contributed by atoms with van der Waals surface area (Å²) in [5.41, 5.74) is 0. The monoisotopic (exact) mass is 264 g/mol. The molecule has 13 heavy (non-hydrogen) atoms. The minimum absolute atomic E-state index is 0.437. The number of methoxy groups -OCH3 is 2. The summed E-state index contributed by atoms with van der Waals surface area (Å²) < 4.78 is 6.98. The first kappa shape index (κ1) is 13.2. The molecule has 0 radical (unpaired) electrons. The van der Waals surface area contributed by atoms with Gasteiger partial charge in [-0.25, -0.2) is 9.59 Å². The Morgan fingerprint density at radius 2 is 1.38 bits per heavy atom. The van der Waals surface area contributed by atoms with E-state index in [0.29, 0.717) is 22.0 Å². The van der Waals surface area contributed by atoms with E-state index in [1.807, 2.05) is 0 Å². The van der Waals surface area contributed by atoms with Crippen LogP contribution in [0.4, 0.5) is 0 Å². The van der Waals surface area contributed by atoms with Crippen LogP contribution in [0.3, 0.4) is 0 Å². The summed E-state index contributed by atoms with van der Waals surface area (Å²) in [6, 6.07) is 0. The van der Waals surface area contributed by atoms with E-state index in [2.05, 4.69) is 9.47 Å². The highest BCUT2D eigenvalue weighted by atomic mass is 35.7. The van der Waals surface area contributed by atoms with Crippen LogP contribution in [-0.4, -0.2) is 30.2 Å². The first-order chi connectivity index (χ1) is 6.08. The maximum atomic E-state index is 11.2. The molecule has 0 bridgehead atoms. The lowest BCUT2D eigenvalue weighted by Crippen LogP contribution is -2.40. The van der Waals surface area contributed by atoms with Crippen LogP contribution in [0.15, 0.2) is 0 Å².